The molecule has 0 spiro atoms. The lowest BCUT2D eigenvalue weighted by atomic mass is 10.1. The molecule has 0 heterocycles. The Morgan fingerprint density at radius 1 is 1.06 bits per heavy atom. The molecule has 1 atom stereocenters. The predicted octanol–water partition coefficient (Wildman–Crippen LogP) is 2.85. The summed E-state index contributed by atoms with van der Waals surface area (Å²) in [6.45, 7) is 13.1. The first-order valence-electron chi connectivity index (χ1n) is 6.28. The maximum atomic E-state index is 10.6. The molecular weight excluding hydrogens is 202 g/mol. The highest BCUT2D eigenvalue weighted by Crippen LogP contribution is 2.12. The van der Waals surface area contributed by atoms with Crippen molar-refractivity contribution >= 4 is 5.97 Å². The minimum Gasteiger partial charge on any atom is -0.481 e. The van der Waals surface area contributed by atoms with E-state index in [2.05, 4.69) is 39.5 Å². The number of aliphatic carboxylic acids is 1. The summed E-state index contributed by atoms with van der Waals surface area (Å²) in [6.07, 6.45) is 1.02. The fourth-order valence-corrected chi connectivity index (χ4v) is 1.89. The molecule has 1 unspecified atom stereocenters. The SMILES string of the molecule is CC(C)CN(CC(C)C)C(C)CCC(=O)O. The van der Waals surface area contributed by atoms with Crippen LogP contribution in [-0.4, -0.2) is 35.1 Å². The minimum absolute atomic E-state index is 0.272. The summed E-state index contributed by atoms with van der Waals surface area (Å²) in [5.74, 6) is 0.568. The lowest BCUT2D eigenvalue weighted by Gasteiger charge is -2.31. The average molecular weight is 229 g/mol. The predicted molar refractivity (Wildman–Crippen MR) is 67.6 cm³/mol. The van der Waals surface area contributed by atoms with Crippen LogP contribution in [0.15, 0.2) is 0 Å². The second kappa shape index (κ2) is 7.66. The summed E-state index contributed by atoms with van der Waals surface area (Å²) >= 11 is 0. The van der Waals surface area contributed by atoms with Crippen LogP contribution in [0.25, 0.3) is 0 Å². The Morgan fingerprint density at radius 3 is 1.81 bits per heavy atom. The molecule has 0 fully saturated rings. The zero-order chi connectivity index (χ0) is 12.7. The van der Waals surface area contributed by atoms with Gasteiger partial charge in [0.05, 0.1) is 0 Å². The smallest absolute Gasteiger partial charge is 0.303 e. The van der Waals surface area contributed by atoms with Gasteiger partial charge in [-0.05, 0) is 25.2 Å². The molecule has 0 aliphatic carbocycles. The van der Waals surface area contributed by atoms with Crippen LogP contribution in [0.1, 0.15) is 47.5 Å². The summed E-state index contributed by atoms with van der Waals surface area (Å²) in [5.41, 5.74) is 0. The number of carboxylic acids is 1. The van der Waals surface area contributed by atoms with Crippen LogP contribution in [0.2, 0.25) is 0 Å². The third-order valence-electron chi connectivity index (χ3n) is 2.60. The van der Waals surface area contributed by atoms with Gasteiger partial charge in [-0.1, -0.05) is 27.7 Å². The normalized spacial score (nSPS) is 13.8. The Bertz CT molecular complexity index is 192. The molecule has 3 nitrogen and oxygen atoms in total. The first kappa shape index (κ1) is 15.4. The molecule has 0 aromatic rings. The molecule has 0 aliphatic heterocycles. The molecule has 0 bridgehead atoms. The molecular formula is C13H27NO2. The molecule has 0 aromatic carbocycles. The van der Waals surface area contributed by atoms with Gasteiger partial charge in [-0.3, -0.25) is 4.79 Å². The van der Waals surface area contributed by atoms with Crippen molar-refractivity contribution in [2.45, 2.75) is 53.5 Å². The highest BCUT2D eigenvalue weighted by Gasteiger charge is 2.17. The van der Waals surface area contributed by atoms with Crippen LogP contribution >= 0.6 is 0 Å². The van der Waals surface area contributed by atoms with Gasteiger partial charge >= 0.3 is 5.97 Å². The van der Waals surface area contributed by atoms with Gasteiger partial charge in [0.25, 0.3) is 0 Å². The summed E-state index contributed by atoms with van der Waals surface area (Å²) in [5, 5.41) is 8.69. The van der Waals surface area contributed by atoms with Crippen LogP contribution in [0.3, 0.4) is 0 Å². The maximum Gasteiger partial charge on any atom is 0.303 e. The van der Waals surface area contributed by atoms with Crippen molar-refractivity contribution in [1.82, 2.24) is 4.90 Å². The molecule has 3 heteroatoms. The number of hydrogen-bond donors (Lipinski definition) is 1. The van der Waals surface area contributed by atoms with Crippen molar-refractivity contribution in [3.8, 4) is 0 Å². The summed E-state index contributed by atoms with van der Waals surface area (Å²) in [4.78, 5) is 13.0. The molecule has 0 aliphatic rings. The Hall–Kier alpha value is -0.570. The summed E-state index contributed by atoms with van der Waals surface area (Å²) < 4.78 is 0. The first-order chi connectivity index (χ1) is 7.32. The largest absolute Gasteiger partial charge is 0.481 e. The quantitative estimate of drug-likeness (QED) is 0.695. The zero-order valence-corrected chi connectivity index (χ0v) is 11.4. The molecule has 0 amide bonds. The van der Waals surface area contributed by atoms with Crippen LogP contribution in [-0.2, 0) is 4.79 Å². The van der Waals surface area contributed by atoms with E-state index >= 15 is 0 Å². The average Bonchev–Trinajstić information content (AvgIpc) is 2.11. The van der Waals surface area contributed by atoms with Crippen molar-refractivity contribution in [2.24, 2.45) is 11.8 Å². The highest BCUT2D eigenvalue weighted by molar-refractivity contribution is 5.66. The van der Waals surface area contributed by atoms with Gasteiger partial charge in [0, 0.05) is 25.6 Å². The third kappa shape index (κ3) is 7.69. The minimum atomic E-state index is -0.694. The number of nitrogens with zero attached hydrogens (tertiary/aromatic N) is 1. The molecule has 16 heavy (non-hydrogen) atoms. The van der Waals surface area contributed by atoms with Crippen molar-refractivity contribution in [3.05, 3.63) is 0 Å². The van der Waals surface area contributed by atoms with E-state index in [-0.39, 0.29) is 6.42 Å². The van der Waals surface area contributed by atoms with Crippen molar-refractivity contribution in [1.29, 1.82) is 0 Å². The van der Waals surface area contributed by atoms with Gasteiger partial charge in [-0.2, -0.15) is 0 Å². The molecule has 96 valence electrons. The van der Waals surface area contributed by atoms with E-state index in [9.17, 15) is 4.79 Å². The standard InChI is InChI=1S/C13H27NO2/c1-10(2)8-14(9-11(3)4)12(5)6-7-13(15)16/h10-12H,6-9H2,1-5H3,(H,15,16). The third-order valence-corrected chi connectivity index (χ3v) is 2.60. The fraction of sp³-hybridized carbons (Fsp3) is 0.923. The van der Waals surface area contributed by atoms with Gasteiger partial charge in [-0.15, -0.1) is 0 Å². The Kier molecular flexibility index (Phi) is 7.39. The van der Waals surface area contributed by atoms with Crippen molar-refractivity contribution < 1.29 is 9.90 Å². The van der Waals surface area contributed by atoms with E-state index in [1.807, 2.05) is 0 Å². The van der Waals surface area contributed by atoms with E-state index in [1.165, 1.54) is 0 Å². The number of carbonyl (C=O) groups is 1. The van der Waals surface area contributed by atoms with E-state index in [1.54, 1.807) is 0 Å². The fourth-order valence-electron chi connectivity index (χ4n) is 1.89. The number of carboxylic acid groups (broad SMARTS) is 1. The Morgan fingerprint density at radius 2 is 1.50 bits per heavy atom. The molecule has 0 saturated carbocycles. The van der Waals surface area contributed by atoms with Gasteiger partial charge in [0.15, 0.2) is 0 Å². The van der Waals surface area contributed by atoms with Crippen molar-refractivity contribution in [3.63, 3.8) is 0 Å². The first-order valence-corrected chi connectivity index (χ1v) is 6.28. The highest BCUT2D eigenvalue weighted by atomic mass is 16.4. The maximum absolute atomic E-state index is 10.6. The van der Waals surface area contributed by atoms with E-state index in [0.29, 0.717) is 17.9 Å². The van der Waals surface area contributed by atoms with Gasteiger partial charge < -0.3 is 10.0 Å². The second-order valence-electron chi connectivity index (χ2n) is 5.52. The summed E-state index contributed by atoms with van der Waals surface area (Å²) in [7, 11) is 0. The van der Waals surface area contributed by atoms with Crippen LogP contribution in [0, 0.1) is 11.8 Å². The van der Waals surface area contributed by atoms with Crippen LogP contribution in [0.5, 0.6) is 0 Å². The van der Waals surface area contributed by atoms with E-state index in [4.69, 9.17) is 5.11 Å². The van der Waals surface area contributed by atoms with Gasteiger partial charge in [0.2, 0.25) is 0 Å². The Labute approximate surface area is 99.8 Å². The Balaban J connectivity index is 4.19. The lowest BCUT2D eigenvalue weighted by Crippen LogP contribution is -2.38. The second-order valence-corrected chi connectivity index (χ2v) is 5.52. The van der Waals surface area contributed by atoms with Crippen LogP contribution < -0.4 is 0 Å². The van der Waals surface area contributed by atoms with Gasteiger partial charge in [-0.25, -0.2) is 0 Å². The van der Waals surface area contributed by atoms with Gasteiger partial charge in [0.1, 0.15) is 0 Å². The molecule has 0 saturated heterocycles. The summed E-state index contributed by atoms with van der Waals surface area (Å²) in [6, 6.07) is 0.362. The molecule has 1 N–H and O–H groups in total. The van der Waals surface area contributed by atoms with E-state index in [0.717, 1.165) is 19.5 Å². The van der Waals surface area contributed by atoms with Crippen LogP contribution in [0.4, 0.5) is 0 Å². The zero-order valence-electron chi connectivity index (χ0n) is 11.4. The number of rotatable bonds is 8. The molecule has 0 aromatic heterocycles. The topological polar surface area (TPSA) is 40.5 Å². The molecule has 0 rings (SSSR count). The number of hydrogen-bond acceptors (Lipinski definition) is 2. The van der Waals surface area contributed by atoms with Crippen molar-refractivity contribution in [2.75, 3.05) is 13.1 Å². The monoisotopic (exact) mass is 229 g/mol. The lowest BCUT2D eigenvalue weighted by molar-refractivity contribution is -0.137. The van der Waals surface area contributed by atoms with E-state index < -0.39 is 5.97 Å². The molecule has 0 radical (unpaired) electrons.